The molecule has 4 rings (SSSR count). The quantitative estimate of drug-likeness (QED) is 0.0931. The van der Waals surface area contributed by atoms with Crippen LogP contribution in [0.2, 0.25) is 0 Å². The van der Waals surface area contributed by atoms with Crippen molar-refractivity contribution in [3.05, 3.63) is 109 Å². The van der Waals surface area contributed by atoms with Crippen molar-refractivity contribution in [1.82, 2.24) is 10.6 Å². The molecule has 202 valence electrons. The summed E-state index contributed by atoms with van der Waals surface area (Å²) >= 11 is 10.4. The van der Waals surface area contributed by atoms with Crippen molar-refractivity contribution in [3.8, 4) is 0 Å². The Hall–Kier alpha value is -4.10. The summed E-state index contributed by atoms with van der Waals surface area (Å²) in [6.45, 7) is 0. The van der Waals surface area contributed by atoms with E-state index < -0.39 is 0 Å². The predicted octanol–water partition coefficient (Wildman–Crippen LogP) is 6.72. The third-order valence-corrected chi connectivity index (χ3v) is 7.64. The standard InChI is InChI=1S/C28H22N4O4S4/c33-25(15-9-21-3-1-17-35-21)31-27(37)29-19-5-11-23(12-6-19)39-40-24-13-7-20(8-14-24)30-28(38)32-26(34)16-10-22-4-2-18-36-22/h1-18H,(H2,29,31,33,37)(H2,30,32,34,38)/b15-9+,16-10+. The van der Waals surface area contributed by atoms with Gasteiger partial charge in [0.2, 0.25) is 11.8 Å². The minimum Gasteiger partial charge on any atom is -0.465 e. The number of rotatable bonds is 9. The van der Waals surface area contributed by atoms with Crippen LogP contribution in [0, 0.1) is 0 Å². The fourth-order valence-electron chi connectivity index (χ4n) is 3.00. The van der Waals surface area contributed by atoms with Gasteiger partial charge >= 0.3 is 0 Å². The van der Waals surface area contributed by atoms with Gasteiger partial charge in [0, 0.05) is 33.3 Å². The number of amides is 2. The molecule has 4 aromatic rings. The Morgan fingerprint density at radius 1 is 0.625 bits per heavy atom. The van der Waals surface area contributed by atoms with Gasteiger partial charge in [0.05, 0.1) is 12.5 Å². The van der Waals surface area contributed by atoms with Crippen LogP contribution in [0.5, 0.6) is 0 Å². The van der Waals surface area contributed by atoms with Gasteiger partial charge in [-0.1, -0.05) is 21.6 Å². The van der Waals surface area contributed by atoms with E-state index in [4.69, 9.17) is 33.3 Å². The van der Waals surface area contributed by atoms with Gasteiger partial charge in [-0.2, -0.15) is 0 Å². The Morgan fingerprint density at radius 3 is 1.38 bits per heavy atom. The van der Waals surface area contributed by atoms with Crippen molar-refractivity contribution in [3.63, 3.8) is 0 Å². The van der Waals surface area contributed by atoms with Crippen molar-refractivity contribution in [1.29, 1.82) is 0 Å². The molecule has 0 fully saturated rings. The van der Waals surface area contributed by atoms with Crippen LogP contribution in [-0.4, -0.2) is 22.0 Å². The summed E-state index contributed by atoms with van der Waals surface area (Å²) in [4.78, 5) is 26.1. The Balaban J connectivity index is 1.17. The van der Waals surface area contributed by atoms with E-state index in [0.717, 1.165) is 21.2 Å². The molecule has 4 N–H and O–H groups in total. The molecule has 2 aromatic carbocycles. The van der Waals surface area contributed by atoms with Crippen molar-refractivity contribution in [2.75, 3.05) is 10.6 Å². The highest BCUT2D eigenvalue weighted by Crippen LogP contribution is 2.38. The topological polar surface area (TPSA) is 109 Å². The maximum atomic E-state index is 12.0. The Kier molecular flexibility index (Phi) is 10.8. The average molecular weight is 607 g/mol. The van der Waals surface area contributed by atoms with Crippen LogP contribution < -0.4 is 21.3 Å². The van der Waals surface area contributed by atoms with Crippen LogP contribution in [-0.2, 0) is 9.59 Å². The molecule has 0 saturated heterocycles. The van der Waals surface area contributed by atoms with Gasteiger partial charge in [-0.05, 0) is 109 Å². The van der Waals surface area contributed by atoms with Crippen LogP contribution in [0.4, 0.5) is 11.4 Å². The second-order valence-corrected chi connectivity index (χ2v) is 10.9. The normalized spacial score (nSPS) is 10.9. The van der Waals surface area contributed by atoms with Gasteiger partial charge in [0.1, 0.15) is 11.5 Å². The summed E-state index contributed by atoms with van der Waals surface area (Å²) in [5, 5.41) is 11.6. The molecule has 40 heavy (non-hydrogen) atoms. The first-order valence-corrected chi connectivity index (χ1v) is 14.6. The van der Waals surface area contributed by atoms with Crippen molar-refractivity contribution in [2.45, 2.75) is 9.79 Å². The van der Waals surface area contributed by atoms with E-state index in [2.05, 4.69) is 21.3 Å². The fourth-order valence-corrected chi connectivity index (χ4v) is 5.37. The van der Waals surface area contributed by atoms with Gasteiger partial charge in [-0.25, -0.2) is 0 Å². The molecule has 2 heterocycles. The van der Waals surface area contributed by atoms with E-state index >= 15 is 0 Å². The lowest BCUT2D eigenvalue weighted by Crippen LogP contribution is -2.32. The molecule has 0 aliphatic carbocycles. The molecule has 0 aliphatic rings. The molecular formula is C28H22N4O4S4. The minimum atomic E-state index is -0.358. The largest absolute Gasteiger partial charge is 0.465 e. The van der Waals surface area contributed by atoms with E-state index in [1.54, 1.807) is 58.0 Å². The van der Waals surface area contributed by atoms with Crippen molar-refractivity contribution in [2.24, 2.45) is 0 Å². The van der Waals surface area contributed by atoms with E-state index in [1.807, 2.05) is 48.5 Å². The molecule has 2 aromatic heterocycles. The second-order valence-electron chi connectivity index (χ2n) is 7.80. The highest BCUT2D eigenvalue weighted by molar-refractivity contribution is 8.76. The summed E-state index contributed by atoms with van der Waals surface area (Å²) in [7, 11) is 3.20. The first-order valence-electron chi connectivity index (χ1n) is 11.6. The lowest BCUT2D eigenvalue weighted by molar-refractivity contribution is -0.115. The number of carbonyl (C=O) groups is 2. The van der Waals surface area contributed by atoms with Crippen molar-refractivity contribution < 1.29 is 18.4 Å². The lowest BCUT2D eigenvalue weighted by Gasteiger charge is -2.10. The predicted molar refractivity (Wildman–Crippen MR) is 169 cm³/mol. The lowest BCUT2D eigenvalue weighted by atomic mass is 10.3. The molecular weight excluding hydrogens is 585 g/mol. The van der Waals surface area contributed by atoms with E-state index in [-0.39, 0.29) is 22.0 Å². The average Bonchev–Trinajstić information content (AvgIpc) is 3.66. The smallest absolute Gasteiger partial charge is 0.250 e. The van der Waals surface area contributed by atoms with Gasteiger partial charge < -0.3 is 19.5 Å². The zero-order valence-electron chi connectivity index (χ0n) is 20.7. The summed E-state index contributed by atoms with van der Waals surface area (Å²) in [6.07, 6.45) is 8.88. The molecule has 0 atom stereocenters. The number of nitrogens with one attached hydrogen (secondary N) is 4. The van der Waals surface area contributed by atoms with Gasteiger partial charge in [0.15, 0.2) is 10.2 Å². The maximum Gasteiger partial charge on any atom is 0.250 e. The van der Waals surface area contributed by atoms with Crippen LogP contribution >= 0.6 is 46.0 Å². The molecule has 0 unspecified atom stereocenters. The van der Waals surface area contributed by atoms with Crippen molar-refractivity contribution >= 4 is 91.6 Å². The van der Waals surface area contributed by atoms with E-state index in [9.17, 15) is 9.59 Å². The zero-order chi connectivity index (χ0) is 28.2. The number of benzene rings is 2. The van der Waals surface area contributed by atoms with Crippen LogP contribution in [0.15, 0.2) is 116 Å². The Labute approximate surface area is 249 Å². The van der Waals surface area contributed by atoms with Gasteiger partial charge in [0.25, 0.3) is 0 Å². The molecule has 0 aliphatic heterocycles. The zero-order valence-corrected chi connectivity index (χ0v) is 23.9. The molecule has 0 saturated carbocycles. The Bertz CT molecular complexity index is 1380. The molecule has 12 heteroatoms. The maximum absolute atomic E-state index is 12.0. The number of thiocarbonyl (C=S) groups is 2. The molecule has 2 amide bonds. The number of anilines is 2. The highest BCUT2D eigenvalue weighted by atomic mass is 33.1. The number of furan rings is 2. The Morgan fingerprint density at radius 2 is 1.02 bits per heavy atom. The third kappa shape index (κ3) is 9.89. The summed E-state index contributed by atoms with van der Waals surface area (Å²) < 4.78 is 10.3. The number of hydrogen-bond acceptors (Lipinski definition) is 8. The fraction of sp³-hybridized carbons (Fsp3) is 0. The summed E-state index contributed by atoms with van der Waals surface area (Å²) in [5.41, 5.74) is 1.51. The van der Waals surface area contributed by atoms with Crippen LogP contribution in [0.25, 0.3) is 12.2 Å². The monoisotopic (exact) mass is 606 g/mol. The highest BCUT2D eigenvalue weighted by Gasteiger charge is 2.05. The number of carbonyl (C=O) groups excluding carboxylic acids is 2. The number of hydrogen-bond donors (Lipinski definition) is 4. The molecule has 0 radical (unpaired) electrons. The van der Waals surface area contributed by atoms with Gasteiger partial charge in [-0.3, -0.25) is 20.2 Å². The third-order valence-electron chi connectivity index (χ3n) is 4.82. The van der Waals surface area contributed by atoms with E-state index in [1.165, 1.54) is 24.7 Å². The van der Waals surface area contributed by atoms with Crippen LogP contribution in [0.1, 0.15) is 11.5 Å². The van der Waals surface area contributed by atoms with Crippen LogP contribution in [0.3, 0.4) is 0 Å². The minimum absolute atomic E-state index is 0.196. The molecule has 0 spiro atoms. The first-order chi connectivity index (χ1) is 19.4. The molecule has 8 nitrogen and oxygen atoms in total. The first kappa shape index (κ1) is 28.9. The summed E-state index contributed by atoms with van der Waals surface area (Å²) in [6, 6.07) is 22.3. The second kappa shape index (κ2) is 14.9. The van der Waals surface area contributed by atoms with E-state index in [0.29, 0.717) is 11.5 Å². The SMILES string of the molecule is O=C(/C=C/c1ccco1)NC(=S)Nc1ccc(SSc2ccc(NC(=S)NC(=O)/C=C/c3ccco3)cc2)cc1. The summed E-state index contributed by atoms with van der Waals surface area (Å²) in [5.74, 6) is 0.438. The molecule has 0 bridgehead atoms. The van der Waals surface area contributed by atoms with Gasteiger partial charge in [-0.15, -0.1) is 0 Å².